The Morgan fingerprint density at radius 3 is 2.57 bits per heavy atom. The molecule has 0 aromatic heterocycles. The summed E-state index contributed by atoms with van der Waals surface area (Å²) in [5.74, 6) is -0.148. The van der Waals surface area contributed by atoms with E-state index in [0.717, 1.165) is 19.5 Å². The Labute approximate surface area is 85.1 Å². The molecule has 4 nitrogen and oxygen atoms in total. The van der Waals surface area contributed by atoms with Gasteiger partial charge >= 0.3 is 0 Å². The number of carbonyl (C=O) groups excluding carboxylic acids is 1. The van der Waals surface area contributed by atoms with Crippen LogP contribution in [0.25, 0.3) is 0 Å². The van der Waals surface area contributed by atoms with Crippen molar-refractivity contribution in [2.24, 2.45) is 11.1 Å². The highest BCUT2D eigenvalue weighted by Crippen LogP contribution is 2.29. The first-order valence-corrected chi connectivity index (χ1v) is 4.98. The SMILES string of the molecule is CC1(C)CCN(C(=O)C(C)(N)CO)C1. The number of nitrogens with two attached hydrogens (primary N) is 1. The highest BCUT2D eigenvalue weighted by atomic mass is 16.3. The molecule has 1 heterocycles. The van der Waals surface area contributed by atoms with E-state index < -0.39 is 5.54 Å². The molecular weight excluding hydrogens is 180 g/mol. The Bertz CT molecular complexity index is 236. The van der Waals surface area contributed by atoms with Crippen LogP contribution < -0.4 is 5.73 Å². The molecule has 82 valence electrons. The van der Waals surface area contributed by atoms with Gasteiger partial charge in [-0.05, 0) is 18.8 Å². The normalized spacial score (nSPS) is 24.8. The number of rotatable bonds is 2. The van der Waals surface area contributed by atoms with Gasteiger partial charge in [0.1, 0.15) is 5.54 Å². The third-order valence-corrected chi connectivity index (χ3v) is 2.78. The van der Waals surface area contributed by atoms with Gasteiger partial charge in [-0.3, -0.25) is 4.79 Å². The Kier molecular flexibility index (Phi) is 2.88. The highest BCUT2D eigenvalue weighted by Gasteiger charge is 2.38. The maximum absolute atomic E-state index is 11.8. The van der Waals surface area contributed by atoms with E-state index >= 15 is 0 Å². The first kappa shape index (κ1) is 11.5. The standard InChI is InChI=1S/C10H20N2O2/c1-9(2)4-5-12(6-9)8(14)10(3,11)7-13/h13H,4-7,11H2,1-3H3. The number of hydrogen-bond acceptors (Lipinski definition) is 3. The lowest BCUT2D eigenvalue weighted by Gasteiger charge is -2.28. The summed E-state index contributed by atoms with van der Waals surface area (Å²) in [6.07, 6.45) is 1.00. The van der Waals surface area contributed by atoms with Crippen molar-refractivity contribution in [3.63, 3.8) is 0 Å². The Morgan fingerprint density at radius 2 is 2.21 bits per heavy atom. The fourth-order valence-electron chi connectivity index (χ4n) is 1.71. The predicted molar refractivity (Wildman–Crippen MR) is 54.7 cm³/mol. The van der Waals surface area contributed by atoms with E-state index in [9.17, 15) is 4.79 Å². The van der Waals surface area contributed by atoms with E-state index in [2.05, 4.69) is 13.8 Å². The third-order valence-electron chi connectivity index (χ3n) is 2.78. The Balaban J connectivity index is 2.65. The van der Waals surface area contributed by atoms with Crippen molar-refractivity contribution in [3.05, 3.63) is 0 Å². The molecular formula is C10H20N2O2. The molecule has 1 unspecified atom stereocenters. The van der Waals surface area contributed by atoms with Crippen LogP contribution in [0.5, 0.6) is 0 Å². The zero-order valence-electron chi connectivity index (χ0n) is 9.21. The molecule has 1 saturated heterocycles. The fourth-order valence-corrected chi connectivity index (χ4v) is 1.71. The molecule has 0 aromatic carbocycles. The van der Waals surface area contributed by atoms with Gasteiger partial charge in [0.05, 0.1) is 6.61 Å². The van der Waals surface area contributed by atoms with Crippen LogP contribution in [0, 0.1) is 5.41 Å². The highest BCUT2D eigenvalue weighted by molar-refractivity contribution is 5.86. The van der Waals surface area contributed by atoms with Crippen LogP contribution in [0.15, 0.2) is 0 Å². The number of nitrogens with zero attached hydrogens (tertiary/aromatic N) is 1. The molecule has 1 fully saturated rings. The molecule has 1 aliphatic heterocycles. The summed E-state index contributed by atoms with van der Waals surface area (Å²) in [6, 6.07) is 0. The zero-order chi connectivity index (χ0) is 11.0. The molecule has 4 heteroatoms. The van der Waals surface area contributed by atoms with Gasteiger partial charge in [0.25, 0.3) is 0 Å². The summed E-state index contributed by atoms with van der Waals surface area (Å²) in [6.45, 7) is 7.01. The van der Waals surface area contributed by atoms with Gasteiger partial charge in [-0.1, -0.05) is 13.8 Å². The Morgan fingerprint density at radius 1 is 1.64 bits per heavy atom. The van der Waals surface area contributed by atoms with Gasteiger partial charge in [-0.25, -0.2) is 0 Å². The molecule has 0 aliphatic carbocycles. The number of hydrogen-bond donors (Lipinski definition) is 2. The lowest BCUT2D eigenvalue weighted by molar-refractivity contribution is -0.137. The smallest absolute Gasteiger partial charge is 0.244 e. The van der Waals surface area contributed by atoms with Gasteiger partial charge in [-0.2, -0.15) is 0 Å². The quantitative estimate of drug-likeness (QED) is 0.657. The van der Waals surface area contributed by atoms with E-state index in [1.165, 1.54) is 0 Å². The predicted octanol–water partition coefficient (Wildman–Crippen LogP) is -0.0454. The summed E-state index contributed by atoms with van der Waals surface area (Å²) in [4.78, 5) is 13.6. The first-order chi connectivity index (χ1) is 6.28. The van der Waals surface area contributed by atoms with Crippen LogP contribution in [0.1, 0.15) is 27.2 Å². The molecule has 1 amide bonds. The Hall–Kier alpha value is -0.610. The van der Waals surface area contributed by atoms with Crippen molar-refractivity contribution in [2.75, 3.05) is 19.7 Å². The van der Waals surface area contributed by atoms with Gasteiger partial charge in [0, 0.05) is 13.1 Å². The summed E-state index contributed by atoms with van der Waals surface area (Å²) in [7, 11) is 0. The molecule has 1 atom stereocenters. The molecule has 0 saturated carbocycles. The van der Waals surface area contributed by atoms with Crippen LogP contribution in [0.3, 0.4) is 0 Å². The van der Waals surface area contributed by atoms with Crippen LogP contribution in [0.2, 0.25) is 0 Å². The molecule has 1 rings (SSSR count). The molecule has 0 bridgehead atoms. The number of carbonyl (C=O) groups is 1. The second kappa shape index (κ2) is 3.51. The monoisotopic (exact) mass is 200 g/mol. The molecule has 14 heavy (non-hydrogen) atoms. The summed E-state index contributed by atoms with van der Waals surface area (Å²) < 4.78 is 0. The van der Waals surface area contributed by atoms with Crippen molar-refractivity contribution in [1.82, 2.24) is 4.90 Å². The van der Waals surface area contributed by atoms with E-state index in [1.807, 2.05) is 0 Å². The lowest BCUT2D eigenvalue weighted by atomic mass is 9.93. The van der Waals surface area contributed by atoms with Crippen LogP contribution in [0.4, 0.5) is 0 Å². The minimum atomic E-state index is -1.12. The van der Waals surface area contributed by atoms with Gasteiger partial charge in [0.15, 0.2) is 0 Å². The van der Waals surface area contributed by atoms with Crippen molar-refractivity contribution < 1.29 is 9.90 Å². The summed E-state index contributed by atoms with van der Waals surface area (Å²) in [5, 5.41) is 8.98. The summed E-state index contributed by atoms with van der Waals surface area (Å²) >= 11 is 0. The lowest BCUT2D eigenvalue weighted by Crippen LogP contribution is -2.55. The molecule has 0 spiro atoms. The number of aliphatic hydroxyl groups is 1. The average molecular weight is 200 g/mol. The molecule has 0 radical (unpaired) electrons. The molecule has 3 N–H and O–H groups in total. The van der Waals surface area contributed by atoms with Crippen LogP contribution in [-0.4, -0.2) is 41.1 Å². The van der Waals surface area contributed by atoms with E-state index in [0.29, 0.717) is 0 Å². The van der Waals surface area contributed by atoms with Crippen LogP contribution >= 0.6 is 0 Å². The van der Waals surface area contributed by atoms with Gasteiger partial charge in [-0.15, -0.1) is 0 Å². The average Bonchev–Trinajstić information content (AvgIpc) is 2.44. The number of likely N-dealkylation sites (tertiary alicyclic amines) is 1. The molecule has 1 aliphatic rings. The van der Waals surface area contributed by atoms with Gasteiger partial charge < -0.3 is 15.7 Å². The third kappa shape index (κ3) is 2.25. The van der Waals surface area contributed by atoms with Crippen molar-refractivity contribution >= 4 is 5.91 Å². The summed E-state index contributed by atoms with van der Waals surface area (Å²) in [5.41, 5.74) is 4.74. The van der Waals surface area contributed by atoms with E-state index in [4.69, 9.17) is 10.8 Å². The number of amides is 1. The minimum absolute atomic E-state index is 0.148. The van der Waals surface area contributed by atoms with Crippen molar-refractivity contribution in [1.29, 1.82) is 0 Å². The largest absolute Gasteiger partial charge is 0.394 e. The van der Waals surface area contributed by atoms with E-state index in [-0.39, 0.29) is 17.9 Å². The van der Waals surface area contributed by atoms with E-state index in [1.54, 1.807) is 11.8 Å². The second-order valence-electron chi connectivity index (χ2n) is 5.22. The van der Waals surface area contributed by atoms with Crippen LogP contribution in [-0.2, 0) is 4.79 Å². The number of aliphatic hydroxyl groups excluding tert-OH is 1. The maximum atomic E-state index is 11.8. The first-order valence-electron chi connectivity index (χ1n) is 4.98. The van der Waals surface area contributed by atoms with Crippen molar-refractivity contribution in [3.8, 4) is 0 Å². The second-order valence-corrected chi connectivity index (χ2v) is 5.22. The fraction of sp³-hybridized carbons (Fsp3) is 0.900. The van der Waals surface area contributed by atoms with Crippen molar-refractivity contribution in [2.45, 2.75) is 32.7 Å². The maximum Gasteiger partial charge on any atom is 0.244 e. The molecule has 0 aromatic rings. The zero-order valence-corrected chi connectivity index (χ0v) is 9.21. The minimum Gasteiger partial charge on any atom is -0.394 e. The van der Waals surface area contributed by atoms with Gasteiger partial charge in [0.2, 0.25) is 5.91 Å². The topological polar surface area (TPSA) is 66.6 Å².